The third-order valence-corrected chi connectivity index (χ3v) is 6.16. The van der Waals surface area contributed by atoms with E-state index >= 15 is 0 Å². The van der Waals surface area contributed by atoms with Gasteiger partial charge in [-0.15, -0.1) is 0 Å². The van der Waals surface area contributed by atoms with Crippen LogP contribution in [0.25, 0.3) is 0 Å². The Bertz CT molecular complexity index is 283. The first-order valence-corrected chi connectivity index (χ1v) is 8.88. The first kappa shape index (κ1) is 16.3. The van der Waals surface area contributed by atoms with Crippen LogP contribution in [0.4, 0.5) is 0 Å². The lowest BCUT2D eigenvalue weighted by Gasteiger charge is -2.43. The zero-order valence-electron chi connectivity index (χ0n) is 14.4. The van der Waals surface area contributed by atoms with Crippen LogP contribution in [0.2, 0.25) is 0 Å². The summed E-state index contributed by atoms with van der Waals surface area (Å²) >= 11 is 0. The molecule has 2 heteroatoms. The molecule has 0 radical (unpaired) electrons. The fraction of sp³-hybridized carbons (Fsp3) is 1.00. The van der Waals surface area contributed by atoms with Crippen LogP contribution in [-0.2, 0) is 0 Å². The highest BCUT2D eigenvalue weighted by Gasteiger charge is 2.35. The van der Waals surface area contributed by atoms with Gasteiger partial charge >= 0.3 is 0 Å². The number of hydrogen-bond acceptors (Lipinski definition) is 2. The molecule has 2 rings (SSSR count). The van der Waals surface area contributed by atoms with Gasteiger partial charge in [0.15, 0.2) is 0 Å². The van der Waals surface area contributed by atoms with Crippen LogP contribution in [-0.4, -0.2) is 37.6 Å². The lowest BCUT2D eigenvalue weighted by molar-refractivity contribution is 0.0817. The molecule has 4 unspecified atom stereocenters. The van der Waals surface area contributed by atoms with Gasteiger partial charge < -0.3 is 10.2 Å². The van der Waals surface area contributed by atoms with E-state index in [1.807, 2.05) is 0 Å². The Morgan fingerprint density at radius 2 is 1.60 bits per heavy atom. The Morgan fingerprint density at radius 3 is 2.20 bits per heavy atom. The fourth-order valence-corrected chi connectivity index (χ4v) is 4.71. The lowest BCUT2D eigenvalue weighted by Crippen LogP contribution is -2.49. The molecule has 0 spiro atoms. The number of nitrogens with zero attached hydrogens (tertiary/aromatic N) is 1. The topological polar surface area (TPSA) is 15.3 Å². The van der Waals surface area contributed by atoms with Crippen LogP contribution in [0, 0.1) is 23.7 Å². The average Bonchev–Trinajstić information content (AvgIpc) is 2.42. The van der Waals surface area contributed by atoms with E-state index in [-0.39, 0.29) is 0 Å². The van der Waals surface area contributed by atoms with Crippen molar-refractivity contribution in [2.75, 3.05) is 20.6 Å². The molecular formula is C18H36N2. The second-order valence-corrected chi connectivity index (χ2v) is 7.97. The van der Waals surface area contributed by atoms with Crippen molar-refractivity contribution in [2.24, 2.45) is 23.7 Å². The molecule has 118 valence electrons. The highest BCUT2D eigenvalue weighted by atomic mass is 15.1. The van der Waals surface area contributed by atoms with E-state index in [2.05, 4.69) is 45.1 Å². The van der Waals surface area contributed by atoms with E-state index in [1.165, 1.54) is 45.1 Å². The molecule has 2 fully saturated rings. The Labute approximate surface area is 126 Å². The summed E-state index contributed by atoms with van der Waals surface area (Å²) in [5, 5.41) is 3.60. The summed E-state index contributed by atoms with van der Waals surface area (Å²) in [6.07, 6.45) is 8.47. The highest BCUT2D eigenvalue weighted by molar-refractivity contribution is 4.89. The van der Waals surface area contributed by atoms with Crippen molar-refractivity contribution in [1.82, 2.24) is 10.2 Å². The molecule has 0 aromatic rings. The van der Waals surface area contributed by atoms with Gasteiger partial charge in [-0.05, 0) is 76.3 Å². The predicted molar refractivity (Wildman–Crippen MR) is 87.9 cm³/mol. The van der Waals surface area contributed by atoms with Gasteiger partial charge in [-0.2, -0.15) is 0 Å². The molecule has 0 aromatic carbocycles. The largest absolute Gasteiger partial charge is 0.317 e. The Morgan fingerprint density at radius 1 is 0.950 bits per heavy atom. The molecule has 0 aromatic heterocycles. The SMILES string of the molecule is CNC1CC(C)CC(C)C1CN(C)C1CCC(C)CC1. The van der Waals surface area contributed by atoms with Gasteiger partial charge in [0.05, 0.1) is 0 Å². The van der Waals surface area contributed by atoms with Crippen LogP contribution in [0.5, 0.6) is 0 Å². The predicted octanol–water partition coefficient (Wildman–Crippen LogP) is 3.77. The van der Waals surface area contributed by atoms with Crippen molar-refractivity contribution in [3.8, 4) is 0 Å². The molecule has 2 saturated carbocycles. The summed E-state index contributed by atoms with van der Waals surface area (Å²) in [5.74, 6) is 3.54. The van der Waals surface area contributed by atoms with Gasteiger partial charge in [0.1, 0.15) is 0 Å². The van der Waals surface area contributed by atoms with Crippen molar-refractivity contribution in [3.63, 3.8) is 0 Å². The molecule has 2 nitrogen and oxygen atoms in total. The van der Waals surface area contributed by atoms with E-state index in [0.29, 0.717) is 0 Å². The minimum absolute atomic E-state index is 0.721. The smallest absolute Gasteiger partial charge is 0.0110 e. The summed E-state index contributed by atoms with van der Waals surface area (Å²) in [7, 11) is 4.53. The van der Waals surface area contributed by atoms with Crippen molar-refractivity contribution < 1.29 is 0 Å². The maximum atomic E-state index is 3.60. The molecule has 1 N–H and O–H groups in total. The van der Waals surface area contributed by atoms with Crippen molar-refractivity contribution in [3.05, 3.63) is 0 Å². The van der Waals surface area contributed by atoms with Crippen LogP contribution < -0.4 is 5.32 Å². The first-order chi connectivity index (χ1) is 9.51. The van der Waals surface area contributed by atoms with Crippen LogP contribution in [0.15, 0.2) is 0 Å². The monoisotopic (exact) mass is 280 g/mol. The molecule has 0 saturated heterocycles. The molecule has 0 amide bonds. The van der Waals surface area contributed by atoms with E-state index in [1.54, 1.807) is 0 Å². The first-order valence-electron chi connectivity index (χ1n) is 8.88. The van der Waals surface area contributed by atoms with Crippen LogP contribution in [0.1, 0.15) is 59.3 Å². The normalized spacial score (nSPS) is 42.9. The number of hydrogen-bond donors (Lipinski definition) is 1. The Balaban J connectivity index is 1.89. The minimum atomic E-state index is 0.721. The third kappa shape index (κ3) is 3.98. The quantitative estimate of drug-likeness (QED) is 0.843. The van der Waals surface area contributed by atoms with E-state index in [4.69, 9.17) is 0 Å². The number of rotatable bonds is 4. The summed E-state index contributed by atoms with van der Waals surface area (Å²) < 4.78 is 0. The zero-order chi connectivity index (χ0) is 14.7. The molecule has 4 atom stereocenters. The summed E-state index contributed by atoms with van der Waals surface area (Å²) in [6, 6.07) is 1.56. The van der Waals surface area contributed by atoms with Gasteiger partial charge in [-0.1, -0.05) is 20.8 Å². The van der Waals surface area contributed by atoms with E-state index in [0.717, 1.165) is 35.8 Å². The average molecular weight is 281 g/mol. The summed E-state index contributed by atoms with van der Waals surface area (Å²) in [6.45, 7) is 8.60. The molecular weight excluding hydrogens is 244 g/mol. The second-order valence-electron chi connectivity index (χ2n) is 7.97. The van der Waals surface area contributed by atoms with Gasteiger partial charge in [0.25, 0.3) is 0 Å². The molecule has 0 aliphatic heterocycles. The lowest BCUT2D eigenvalue weighted by atomic mass is 9.72. The fourth-order valence-electron chi connectivity index (χ4n) is 4.71. The molecule has 20 heavy (non-hydrogen) atoms. The Kier molecular flexibility index (Phi) is 5.92. The highest BCUT2D eigenvalue weighted by Crippen LogP contribution is 2.35. The summed E-state index contributed by atoms with van der Waals surface area (Å²) in [4.78, 5) is 2.69. The van der Waals surface area contributed by atoms with E-state index < -0.39 is 0 Å². The summed E-state index contributed by atoms with van der Waals surface area (Å²) in [5.41, 5.74) is 0. The standard InChI is InChI=1S/C18H36N2/c1-13-6-8-16(9-7-13)20(5)12-17-15(3)10-14(2)11-18(17)19-4/h13-19H,6-12H2,1-5H3. The molecule has 2 aliphatic carbocycles. The van der Waals surface area contributed by atoms with E-state index in [9.17, 15) is 0 Å². The van der Waals surface area contributed by atoms with Gasteiger partial charge in [0, 0.05) is 18.6 Å². The zero-order valence-corrected chi connectivity index (χ0v) is 14.4. The second kappa shape index (κ2) is 7.26. The van der Waals surface area contributed by atoms with Gasteiger partial charge in [-0.25, -0.2) is 0 Å². The number of nitrogens with one attached hydrogen (secondary N) is 1. The maximum Gasteiger partial charge on any atom is 0.0110 e. The Hall–Kier alpha value is -0.0800. The van der Waals surface area contributed by atoms with Crippen LogP contribution in [0.3, 0.4) is 0 Å². The minimum Gasteiger partial charge on any atom is -0.317 e. The molecule has 0 heterocycles. The van der Waals surface area contributed by atoms with Gasteiger partial charge in [-0.3, -0.25) is 0 Å². The van der Waals surface area contributed by atoms with Gasteiger partial charge in [0.2, 0.25) is 0 Å². The van der Waals surface area contributed by atoms with Crippen molar-refractivity contribution in [1.29, 1.82) is 0 Å². The maximum absolute atomic E-state index is 3.60. The third-order valence-electron chi connectivity index (χ3n) is 6.16. The van der Waals surface area contributed by atoms with Crippen LogP contribution >= 0.6 is 0 Å². The molecule has 0 bridgehead atoms. The van der Waals surface area contributed by atoms with Crippen molar-refractivity contribution >= 4 is 0 Å². The molecule has 2 aliphatic rings. The van der Waals surface area contributed by atoms with Crippen molar-refractivity contribution in [2.45, 2.75) is 71.4 Å².